The number of nitrogens with zero attached hydrogens (tertiary/aromatic N) is 4. The maximum absolute atomic E-state index is 5.69. The fourth-order valence-corrected chi connectivity index (χ4v) is 2.70. The first-order valence-corrected chi connectivity index (χ1v) is 6.80. The third kappa shape index (κ3) is 2.40. The van der Waals surface area contributed by atoms with E-state index in [0.717, 1.165) is 26.8 Å². The van der Waals surface area contributed by atoms with Crippen LogP contribution in [0.25, 0.3) is 0 Å². The molecule has 0 spiro atoms. The van der Waals surface area contributed by atoms with Crippen molar-refractivity contribution in [3.8, 4) is 0 Å². The first kappa shape index (κ1) is 12.6. The van der Waals surface area contributed by atoms with Gasteiger partial charge in [-0.1, -0.05) is 6.92 Å². The number of halogens is 2. The molecule has 0 aliphatic rings. The van der Waals surface area contributed by atoms with Crippen molar-refractivity contribution in [1.29, 1.82) is 0 Å². The molecule has 0 atom stereocenters. The highest BCUT2D eigenvalue weighted by Crippen LogP contribution is 2.23. The van der Waals surface area contributed by atoms with E-state index in [9.17, 15) is 0 Å². The van der Waals surface area contributed by atoms with Gasteiger partial charge < -0.3 is 5.73 Å². The van der Waals surface area contributed by atoms with E-state index < -0.39 is 0 Å². The average molecular weight is 363 g/mol. The second-order valence-electron chi connectivity index (χ2n) is 3.74. The molecule has 0 saturated carbocycles. The molecule has 0 aliphatic carbocycles. The average Bonchev–Trinajstić information content (AvgIpc) is 2.73. The van der Waals surface area contributed by atoms with Gasteiger partial charge in [0.2, 0.25) is 0 Å². The highest BCUT2D eigenvalue weighted by molar-refractivity contribution is 9.11. The monoisotopic (exact) mass is 361 g/mol. The zero-order chi connectivity index (χ0) is 12.6. The number of hydrogen-bond acceptors (Lipinski definition) is 3. The molecular formula is C10H13Br2N5. The Morgan fingerprint density at radius 2 is 2.06 bits per heavy atom. The van der Waals surface area contributed by atoms with Gasteiger partial charge in [0.15, 0.2) is 5.82 Å². The highest BCUT2D eigenvalue weighted by Gasteiger charge is 2.13. The summed E-state index contributed by atoms with van der Waals surface area (Å²) in [7, 11) is 1.93. The molecule has 0 unspecified atom stereocenters. The zero-order valence-corrected chi connectivity index (χ0v) is 12.8. The van der Waals surface area contributed by atoms with Crippen LogP contribution in [0, 0.1) is 0 Å². The van der Waals surface area contributed by atoms with Crippen molar-refractivity contribution in [2.45, 2.75) is 19.9 Å². The SMILES string of the molecule is CCc1nn(C)c(Cn2cc(Br)c(N)n2)c1Br. The van der Waals surface area contributed by atoms with Gasteiger partial charge in [-0.25, -0.2) is 0 Å². The van der Waals surface area contributed by atoms with Crippen LogP contribution in [0.5, 0.6) is 0 Å². The van der Waals surface area contributed by atoms with Crippen LogP contribution in [0.3, 0.4) is 0 Å². The fourth-order valence-electron chi connectivity index (χ4n) is 1.64. The second-order valence-corrected chi connectivity index (χ2v) is 5.39. The van der Waals surface area contributed by atoms with E-state index in [-0.39, 0.29) is 0 Å². The molecular weight excluding hydrogens is 350 g/mol. The minimum absolute atomic E-state index is 0.499. The van der Waals surface area contributed by atoms with Gasteiger partial charge in [0, 0.05) is 13.2 Å². The van der Waals surface area contributed by atoms with E-state index in [2.05, 4.69) is 49.0 Å². The molecule has 0 fully saturated rings. The van der Waals surface area contributed by atoms with Crippen LogP contribution in [0.4, 0.5) is 5.82 Å². The van der Waals surface area contributed by atoms with Gasteiger partial charge in [-0.3, -0.25) is 9.36 Å². The van der Waals surface area contributed by atoms with E-state index in [4.69, 9.17) is 5.73 Å². The summed E-state index contributed by atoms with van der Waals surface area (Å²) in [6, 6.07) is 0. The molecule has 2 aromatic rings. The molecule has 5 nitrogen and oxygen atoms in total. The van der Waals surface area contributed by atoms with Gasteiger partial charge in [-0.15, -0.1) is 0 Å². The van der Waals surface area contributed by atoms with Gasteiger partial charge in [0.05, 0.1) is 26.9 Å². The first-order chi connectivity index (χ1) is 8.02. The number of aryl methyl sites for hydroxylation is 2. The molecule has 0 radical (unpaired) electrons. The predicted octanol–water partition coefficient (Wildman–Crippen LogP) is 2.33. The highest BCUT2D eigenvalue weighted by atomic mass is 79.9. The maximum Gasteiger partial charge on any atom is 0.159 e. The quantitative estimate of drug-likeness (QED) is 0.911. The Morgan fingerprint density at radius 3 is 2.53 bits per heavy atom. The van der Waals surface area contributed by atoms with Crippen molar-refractivity contribution >= 4 is 37.7 Å². The lowest BCUT2D eigenvalue weighted by atomic mass is 10.3. The Morgan fingerprint density at radius 1 is 1.35 bits per heavy atom. The molecule has 2 N–H and O–H groups in total. The Kier molecular flexibility index (Phi) is 3.58. The van der Waals surface area contributed by atoms with Crippen molar-refractivity contribution in [1.82, 2.24) is 19.6 Å². The summed E-state index contributed by atoms with van der Waals surface area (Å²) in [6.45, 7) is 2.72. The third-order valence-electron chi connectivity index (χ3n) is 2.56. The Balaban J connectivity index is 2.32. The molecule has 0 amide bonds. The summed E-state index contributed by atoms with van der Waals surface area (Å²) in [5, 5.41) is 8.65. The minimum Gasteiger partial charge on any atom is -0.381 e. The summed E-state index contributed by atoms with van der Waals surface area (Å²) in [5.41, 5.74) is 7.83. The Hall–Kier alpha value is -0.820. The van der Waals surface area contributed by atoms with Crippen LogP contribution in [0.2, 0.25) is 0 Å². The van der Waals surface area contributed by atoms with Crippen LogP contribution >= 0.6 is 31.9 Å². The largest absolute Gasteiger partial charge is 0.381 e. The molecule has 0 bridgehead atoms. The van der Waals surface area contributed by atoms with Crippen LogP contribution in [-0.2, 0) is 20.0 Å². The van der Waals surface area contributed by atoms with Crippen molar-refractivity contribution in [3.63, 3.8) is 0 Å². The number of nitrogen functional groups attached to an aromatic ring is 1. The van der Waals surface area contributed by atoms with Crippen molar-refractivity contribution in [2.75, 3.05) is 5.73 Å². The van der Waals surface area contributed by atoms with E-state index in [1.54, 1.807) is 4.68 Å². The van der Waals surface area contributed by atoms with Crippen molar-refractivity contribution < 1.29 is 0 Å². The number of nitrogens with two attached hydrogens (primary N) is 1. The third-order valence-corrected chi connectivity index (χ3v) is 4.08. The maximum atomic E-state index is 5.69. The van der Waals surface area contributed by atoms with Gasteiger partial charge in [0.25, 0.3) is 0 Å². The normalized spacial score (nSPS) is 11.1. The minimum atomic E-state index is 0.499. The van der Waals surface area contributed by atoms with Gasteiger partial charge in [-0.2, -0.15) is 10.2 Å². The molecule has 0 aliphatic heterocycles. The van der Waals surface area contributed by atoms with Crippen LogP contribution < -0.4 is 5.73 Å². The summed E-state index contributed by atoms with van der Waals surface area (Å²) in [5.74, 6) is 0.499. The summed E-state index contributed by atoms with van der Waals surface area (Å²) >= 11 is 6.92. The molecule has 0 saturated heterocycles. The Bertz CT molecular complexity index is 524. The zero-order valence-electron chi connectivity index (χ0n) is 9.61. The van der Waals surface area contributed by atoms with Gasteiger partial charge >= 0.3 is 0 Å². The summed E-state index contributed by atoms with van der Waals surface area (Å²) < 4.78 is 5.52. The smallest absolute Gasteiger partial charge is 0.159 e. The van der Waals surface area contributed by atoms with Crippen molar-refractivity contribution in [2.24, 2.45) is 7.05 Å². The standard InChI is InChI=1S/C10H13Br2N5/c1-3-7-9(12)8(16(2)14-7)5-17-4-6(11)10(13)15-17/h4H,3,5H2,1-2H3,(H2,13,15). The lowest BCUT2D eigenvalue weighted by Gasteiger charge is -2.02. The summed E-state index contributed by atoms with van der Waals surface area (Å²) in [4.78, 5) is 0. The predicted molar refractivity (Wildman–Crippen MR) is 73.7 cm³/mol. The lowest BCUT2D eigenvalue weighted by Crippen LogP contribution is -2.06. The molecule has 0 aromatic carbocycles. The lowest BCUT2D eigenvalue weighted by molar-refractivity contribution is 0.618. The number of anilines is 1. The van der Waals surface area contributed by atoms with Gasteiger partial charge in [0.1, 0.15) is 0 Å². The molecule has 2 aromatic heterocycles. The topological polar surface area (TPSA) is 61.7 Å². The van der Waals surface area contributed by atoms with Crippen LogP contribution in [-0.4, -0.2) is 19.6 Å². The number of aromatic nitrogens is 4. The Labute approximate surface area is 116 Å². The molecule has 2 heterocycles. The summed E-state index contributed by atoms with van der Waals surface area (Å²) in [6.07, 6.45) is 2.76. The van der Waals surface area contributed by atoms with E-state index in [1.165, 1.54) is 0 Å². The van der Waals surface area contributed by atoms with Crippen molar-refractivity contribution in [3.05, 3.63) is 26.5 Å². The molecule has 92 valence electrons. The van der Waals surface area contributed by atoms with E-state index in [0.29, 0.717) is 12.4 Å². The van der Waals surface area contributed by atoms with E-state index >= 15 is 0 Å². The fraction of sp³-hybridized carbons (Fsp3) is 0.400. The molecule has 7 heteroatoms. The number of rotatable bonds is 3. The molecule has 17 heavy (non-hydrogen) atoms. The first-order valence-electron chi connectivity index (χ1n) is 5.21. The number of hydrogen-bond donors (Lipinski definition) is 1. The van der Waals surface area contributed by atoms with Crippen LogP contribution in [0.15, 0.2) is 15.1 Å². The van der Waals surface area contributed by atoms with Gasteiger partial charge in [-0.05, 0) is 38.3 Å². The van der Waals surface area contributed by atoms with E-state index in [1.807, 2.05) is 17.9 Å². The molecule has 2 rings (SSSR count). The second kappa shape index (κ2) is 4.81. The van der Waals surface area contributed by atoms with Crippen LogP contribution in [0.1, 0.15) is 18.3 Å².